The zero-order valence-corrected chi connectivity index (χ0v) is 17.8. The molecule has 26 heavy (non-hydrogen) atoms. The van der Waals surface area contributed by atoms with Crippen LogP contribution >= 0.6 is 0 Å². The first-order chi connectivity index (χ1) is 12.0. The summed E-state index contributed by atoms with van der Waals surface area (Å²) in [6.07, 6.45) is 12.3. The summed E-state index contributed by atoms with van der Waals surface area (Å²) in [5, 5.41) is 18.6. The lowest BCUT2D eigenvalue weighted by molar-refractivity contribution is -0.156. The minimum atomic E-state index is -0.918. The summed E-state index contributed by atoms with van der Waals surface area (Å²) in [7, 11) is 0. The van der Waals surface area contributed by atoms with Crippen LogP contribution < -0.4 is 0 Å². The van der Waals surface area contributed by atoms with Gasteiger partial charge in [-0.25, -0.2) is 0 Å². The van der Waals surface area contributed by atoms with Crippen LogP contribution in [0.25, 0.3) is 0 Å². The fraction of sp³-hybridized carbons (Fsp3) is 0.909. The van der Waals surface area contributed by atoms with E-state index in [1.165, 1.54) is 44.9 Å². The fourth-order valence-electron chi connectivity index (χ4n) is 3.52. The van der Waals surface area contributed by atoms with Crippen LogP contribution in [0.2, 0.25) is 0 Å². The van der Waals surface area contributed by atoms with Gasteiger partial charge in [-0.2, -0.15) is 0 Å². The Hall–Kier alpha value is -1.06. The predicted molar refractivity (Wildman–Crippen MR) is 107 cm³/mol. The first kappa shape index (κ1) is 24.9. The molecule has 2 N–H and O–H groups in total. The molecule has 0 amide bonds. The van der Waals surface area contributed by atoms with Gasteiger partial charge in [0.2, 0.25) is 0 Å². The lowest BCUT2D eigenvalue weighted by atomic mass is 9.62. The van der Waals surface area contributed by atoms with E-state index in [4.69, 9.17) is 5.11 Å². The maximum atomic E-state index is 11.7. The van der Waals surface area contributed by atoms with Crippen molar-refractivity contribution in [3.05, 3.63) is 0 Å². The monoisotopic (exact) mass is 370 g/mol. The van der Waals surface area contributed by atoms with Gasteiger partial charge in [0.15, 0.2) is 0 Å². The first-order valence-electron chi connectivity index (χ1n) is 10.5. The SMILES string of the molecule is CC(C)CCCCCCCCCCC(C)(CCC(=O)O)C(C)(C)C(=O)O. The van der Waals surface area contributed by atoms with E-state index < -0.39 is 22.8 Å². The number of hydrogen-bond donors (Lipinski definition) is 2. The van der Waals surface area contributed by atoms with Crippen molar-refractivity contribution < 1.29 is 19.8 Å². The molecule has 0 aliphatic carbocycles. The van der Waals surface area contributed by atoms with E-state index in [2.05, 4.69) is 13.8 Å². The number of hydrogen-bond acceptors (Lipinski definition) is 2. The van der Waals surface area contributed by atoms with Gasteiger partial charge in [-0.15, -0.1) is 0 Å². The minimum absolute atomic E-state index is 0.0313. The molecule has 0 aliphatic rings. The molecule has 0 aromatic carbocycles. The summed E-state index contributed by atoms with van der Waals surface area (Å²) in [6.45, 7) is 9.95. The molecule has 0 bridgehead atoms. The highest BCUT2D eigenvalue weighted by molar-refractivity contribution is 5.75. The topological polar surface area (TPSA) is 74.6 Å². The van der Waals surface area contributed by atoms with Crippen molar-refractivity contribution in [1.29, 1.82) is 0 Å². The molecule has 4 heteroatoms. The Morgan fingerprint density at radius 2 is 1.23 bits per heavy atom. The van der Waals surface area contributed by atoms with E-state index in [1.54, 1.807) is 13.8 Å². The van der Waals surface area contributed by atoms with Gasteiger partial charge < -0.3 is 10.2 Å². The number of carboxylic acids is 2. The highest BCUT2D eigenvalue weighted by Gasteiger charge is 2.46. The molecule has 0 aromatic heterocycles. The molecule has 0 aliphatic heterocycles. The van der Waals surface area contributed by atoms with E-state index in [1.807, 2.05) is 6.92 Å². The zero-order chi connectivity index (χ0) is 20.2. The van der Waals surface area contributed by atoms with Gasteiger partial charge in [-0.05, 0) is 38.0 Å². The molecule has 0 saturated carbocycles. The van der Waals surface area contributed by atoms with Crippen LogP contribution in [0.4, 0.5) is 0 Å². The second-order valence-corrected chi connectivity index (χ2v) is 9.15. The lowest BCUT2D eigenvalue weighted by Gasteiger charge is -2.41. The number of aliphatic carboxylic acids is 2. The van der Waals surface area contributed by atoms with E-state index in [9.17, 15) is 14.7 Å². The average molecular weight is 371 g/mol. The molecule has 4 nitrogen and oxygen atoms in total. The van der Waals surface area contributed by atoms with Crippen molar-refractivity contribution in [2.75, 3.05) is 0 Å². The second kappa shape index (κ2) is 12.3. The Balaban J connectivity index is 4.15. The van der Waals surface area contributed by atoms with Crippen molar-refractivity contribution >= 4 is 11.9 Å². The fourth-order valence-corrected chi connectivity index (χ4v) is 3.52. The third kappa shape index (κ3) is 9.59. The molecule has 0 spiro atoms. The second-order valence-electron chi connectivity index (χ2n) is 9.15. The highest BCUT2D eigenvalue weighted by atomic mass is 16.4. The van der Waals surface area contributed by atoms with E-state index in [0.717, 1.165) is 25.2 Å². The minimum Gasteiger partial charge on any atom is -0.481 e. The summed E-state index contributed by atoms with van der Waals surface area (Å²) in [5.74, 6) is -0.887. The van der Waals surface area contributed by atoms with Crippen molar-refractivity contribution in [2.45, 2.75) is 112 Å². The molecular formula is C22H42O4. The third-order valence-electron chi connectivity index (χ3n) is 6.19. The van der Waals surface area contributed by atoms with Gasteiger partial charge in [0, 0.05) is 6.42 Å². The number of unbranched alkanes of at least 4 members (excludes halogenated alkanes) is 7. The Morgan fingerprint density at radius 1 is 0.769 bits per heavy atom. The molecule has 154 valence electrons. The predicted octanol–water partition coefficient (Wildman–Crippen LogP) is 6.53. The molecular weight excluding hydrogens is 328 g/mol. The summed E-state index contributed by atoms with van der Waals surface area (Å²) in [6, 6.07) is 0. The summed E-state index contributed by atoms with van der Waals surface area (Å²) in [4.78, 5) is 22.6. The van der Waals surface area contributed by atoms with E-state index in [0.29, 0.717) is 6.42 Å². The molecule has 0 aromatic rings. The van der Waals surface area contributed by atoms with E-state index >= 15 is 0 Å². The summed E-state index contributed by atoms with van der Waals surface area (Å²) < 4.78 is 0. The number of carbonyl (C=O) groups is 2. The van der Waals surface area contributed by atoms with Gasteiger partial charge in [0.1, 0.15) is 0 Å². The van der Waals surface area contributed by atoms with Crippen LogP contribution in [0.1, 0.15) is 112 Å². The number of carboxylic acid groups (broad SMARTS) is 2. The van der Waals surface area contributed by atoms with Crippen LogP contribution in [-0.4, -0.2) is 22.2 Å². The number of rotatable bonds is 16. The Morgan fingerprint density at radius 3 is 1.65 bits per heavy atom. The summed E-state index contributed by atoms with van der Waals surface area (Å²) in [5.41, 5.74) is -1.41. The normalized spacial score (nSPS) is 14.4. The Bertz CT molecular complexity index is 414. The Labute approximate surface area is 160 Å². The van der Waals surface area contributed by atoms with E-state index in [-0.39, 0.29) is 6.42 Å². The molecule has 0 radical (unpaired) electrons. The average Bonchev–Trinajstić information content (AvgIpc) is 2.54. The van der Waals surface area contributed by atoms with Gasteiger partial charge in [-0.1, -0.05) is 78.6 Å². The van der Waals surface area contributed by atoms with Crippen molar-refractivity contribution in [1.82, 2.24) is 0 Å². The third-order valence-corrected chi connectivity index (χ3v) is 6.19. The zero-order valence-electron chi connectivity index (χ0n) is 17.8. The largest absolute Gasteiger partial charge is 0.481 e. The van der Waals surface area contributed by atoms with Gasteiger partial charge >= 0.3 is 11.9 Å². The van der Waals surface area contributed by atoms with Crippen molar-refractivity contribution in [2.24, 2.45) is 16.7 Å². The van der Waals surface area contributed by atoms with Crippen molar-refractivity contribution in [3.63, 3.8) is 0 Å². The summed E-state index contributed by atoms with van der Waals surface area (Å²) >= 11 is 0. The highest BCUT2D eigenvalue weighted by Crippen LogP contribution is 2.46. The maximum Gasteiger partial charge on any atom is 0.309 e. The van der Waals surface area contributed by atoms with Crippen LogP contribution in [0.5, 0.6) is 0 Å². The quantitative estimate of drug-likeness (QED) is 0.303. The maximum absolute atomic E-state index is 11.7. The molecule has 0 heterocycles. The van der Waals surface area contributed by atoms with Crippen LogP contribution in [-0.2, 0) is 9.59 Å². The molecule has 0 saturated heterocycles. The van der Waals surface area contributed by atoms with Crippen molar-refractivity contribution in [3.8, 4) is 0 Å². The van der Waals surface area contributed by atoms with Crippen LogP contribution in [0, 0.1) is 16.7 Å². The molecule has 0 rings (SSSR count). The standard InChI is InChI=1S/C22H42O4/c1-18(2)14-12-10-8-6-7-9-11-13-16-22(5,17-15-19(23)24)21(3,4)20(25)26/h18H,6-17H2,1-5H3,(H,23,24)(H,25,26). The Kier molecular flexibility index (Phi) is 11.8. The smallest absolute Gasteiger partial charge is 0.309 e. The van der Waals surface area contributed by atoms with Crippen LogP contribution in [0.15, 0.2) is 0 Å². The van der Waals surface area contributed by atoms with Crippen LogP contribution in [0.3, 0.4) is 0 Å². The lowest BCUT2D eigenvalue weighted by Crippen LogP contribution is -2.42. The molecule has 1 atom stereocenters. The van der Waals surface area contributed by atoms with Gasteiger partial charge in [0.25, 0.3) is 0 Å². The van der Waals surface area contributed by atoms with Gasteiger partial charge in [-0.3, -0.25) is 9.59 Å². The van der Waals surface area contributed by atoms with Gasteiger partial charge in [0.05, 0.1) is 5.41 Å². The molecule has 1 unspecified atom stereocenters. The first-order valence-corrected chi connectivity index (χ1v) is 10.5. The molecule has 0 fully saturated rings.